The smallest absolute Gasteiger partial charge is 0.338 e. The topological polar surface area (TPSA) is 105 Å². The van der Waals surface area contributed by atoms with Gasteiger partial charge in [0.05, 0.1) is 22.3 Å². The van der Waals surface area contributed by atoms with E-state index in [1.807, 2.05) is 79.7 Å². The van der Waals surface area contributed by atoms with Gasteiger partial charge in [0.25, 0.3) is 0 Å². The van der Waals surface area contributed by atoms with Crippen LogP contribution in [0.4, 0.5) is 0 Å². The maximum atomic E-state index is 13.4. The van der Waals surface area contributed by atoms with Gasteiger partial charge in [0.1, 0.15) is 31.8 Å². The molecule has 0 radical (unpaired) electrons. The van der Waals surface area contributed by atoms with Gasteiger partial charge in [-0.2, -0.15) is 0 Å². The van der Waals surface area contributed by atoms with Crippen molar-refractivity contribution in [3.05, 3.63) is 140 Å². The summed E-state index contributed by atoms with van der Waals surface area (Å²) in [5.74, 6) is -2.51. The van der Waals surface area contributed by atoms with E-state index in [9.17, 15) is 19.2 Å². The highest BCUT2D eigenvalue weighted by Gasteiger charge is 2.38. The van der Waals surface area contributed by atoms with Crippen LogP contribution in [0.1, 0.15) is 85.9 Å². The molecule has 0 saturated carbocycles. The van der Waals surface area contributed by atoms with E-state index in [2.05, 4.69) is 0 Å². The molecule has 0 aliphatic carbocycles. The lowest BCUT2D eigenvalue weighted by Gasteiger charge is -2.31. The molecular weight excluding hydrogens is 620 g/mol. The summed E-state index contributed by atoms with van der Waals surface area (Å²) >= 11 is 0. The molecule has 0 saturated heterocycles. The number of carbonyl (C=O) groups is 4. The predicted octanol–water partition coefficient (Wildman–Crippen LogP) is 7.87. The van der Waals surface area contributed by atoms with Crippen molar-refractivity contribution in [2.45, 2.75) is 55.4 Å². The number of benzene rings is 4. The summed E-state index contributed by atoms with van der Waals surface area (Å²) in [5.41, 5.74) is 6.90. The summed E-state index contributed by atoms with van der Waals surface area (Å²) in [6.07, 6.45) is 0. The molecule has 49 heavy (non-hydrogen) atoms. The molecule has 0 unspecified atom stereocenters. The molecule has 4 aromatic carbocycles. The van der Waals surface area contributed by atoms with E-state index in [1.54, 1.807) is 48.5 Å². The lowest BCUT2D eigenvalue weighted by molar-refractivity contribution is -0.0642. The number of ether oxygens (including phenoxy) is 4. The lowest BCUT2D eigenvalue weighted by Crippen LogP contribution is -2.44. The van der Waals surface area contributed by atoms with Crippen LogP contribution in [0.5, 0.6) is 0 Å². The number of carbonyl (C=O) groups excluding carboxylic acids is 4. The van der Waals surface area contributed by atoms with Crippen LogP contribution in [-0.2, 0) is 18.9 Å². The fraction of sp³-hybridized carbons (Fsp3) is 0.317. The standard InChI is InChI=1S/C41H44O8/c1-25-9-26(2)14-33(13-25)37(42)46-21-41(22-47-38(43)34-15-27(3)10-28(4)16-34,23-48-39(44)35-17-29(5)11-30(6)18-35)24-49-40(45)36-19-31(7)12-32(8)20-36/h9-20H,21-24H2,1-8H3. The van der Waals surface area contributed by atoms with Crippen molar-refractivity contribution in [3.8, 4) is 0 Å². The zero-order chi connectivity index (χ0) is 35.9. The van der Waals surface area contributed by atoms with Crippen molar-refractivity contribution in [1.29, 1.82) is 0 Å². The molecule has 8 heteroatoms. The van der Waals surface area contributed by atoms with Crippen molar-refractivity contribution >= 4 is 23.9 Å². The second-order valence-corrected chi connectivity index (χ2v) is 13.3. The van der Waals surface area contributed by atoms with Gasteiger partial charge in [0.15, 0.2) is 0 Å². The minimum absolute atomic E-state index is 0.332. The number of rotatable bonds is 12. The molecule has 0 bridgehead atoms. The molecule has 0 fully saturated rings. The van der Waals surface area contributed by atoms with Crippen molar-refractivity contribution in [2.24, 2.45) is 5.41 Å². The SMILES string of the molecule is Cc1cc(C)cc(C(=O)OCC(COC(=O)c2cc(C)cc(C)c2)(COC(=O)c2cc(C)cc(C)c2)COC(=O)c2cc(C)cc(C)c2)c1. The first kappa shape index (κ1) is 36.6. The predicted molar refractivity (Wildman–Crippen MR) is 187 cm³/mol. The van der Waals surface area contributed by atoms with E-state index in [-0.39, 0.29) is 26.4 Å². The Labute approximate surface area is 288 Å². The maximum absolute atomic E-state index is 13.4. The second-order valence-electron chi connectivity index (χ2n) is 13.3. The zero-order valence-electron chi connectivity index (χ0n) is 29.5. The Hall–Kier alpha value is -5.24. The van der Waals surface area contributed by atoms with Crippen LogP contribution in [0.3, 0.4) is 0 Å². The van der Waals surface area contributed by atoms with Crippen LogP contribution < -0.4 is 0 Å². The third-order valence-electron chi connectivity index (χ3n) is 7.87. The summed E-state index contributed by atoms with van der Waals surface area (Å²) in [5, 5.41) is 0. The fourth-order valence-corrected chi connectivity index (χ4v) is 5.83. The molecule has 0 aliphatic rings. The Morgan fingerprint density at radius 2 is 0.510 bits per heavy atom. The summed E-state index contributed by atoms with van der Waals surface area (Å²) in [4.78, 5) is 53.4. The highest BCUT2D eigenvalue weighted by Crippen LogP contribution is 2.25. The Morgan fingerprint density at radius 1 is 0.347 bits per heavy atom. The van der Waals surface area contributed by atoms with E-state index < -0.39 is 29.3 Å². The summed E-state index contributed by atoms with van der Waals surface area (Å²) in [6, 6.07) is 21.4. The molecule has 4 aromatic rings. The number of hydrogen-bond acceptors (Lipinski definition) is 8. The molecule has 0 N–H and O–H groups in total. The molecule has 0 atom stereocenters. The zero-order valence-corrected chi connectivity index (χ0v) is 29.5. The first-order valence-corrected chi connectivity index (χ1v) is 16.1. The number of aryl methyl sites for hydroxylation is 8. The highest BCUT2D eigenvalue weighted by atomic mass is 16.6. The van der Waals surface area contributed by atoms with Gasteiger partial charge in [-0.05, 0) is 104 Å². The number of esters is 4. The van der Waals surface area contributed by atoms with E-state index in [0.717, 1.165) is 44.5 Å². The monoisotopic (exact) mass is 664 g/mol. The van der Waals surface area contributed by atoms with Crippen molar-refractivity contribution in [2.75, 3.05) is 26.4 Å². The van der Waals surface area contributed by atoms with Gasteiger partial charge in [-0.3, -0.25) is 0 Å². The summed E-state index contributed by atoms with van der Waals surface area (Å²) in [7, 11) is 0. The maximum Gasteiger partial charge on any atom is 0.338 e. The minimum atomic E-state index is -1.47. The van der Waals surface area contributed by atoms with Gasteiger partial charge in [0, 0.05) is 0 Å². The average molecular weight is 665 g/mol. The fourth-order valence-electron chi connectivity index (χ4n) is 5.83. The normalized spacial score (nSPS) is 11.1. The molecule has 0 aliphatic heterocycles. The Balaban J connectivity index is 1.68. The van der Waals surface area contributed by atoms with Crippen LogP contribution in [0, 0.1) is 60.8 Å². The second kappa shape index (κ2) is 15.8. The molecule has 0 aromatic heterocycles. The molecule has 8 nitrogen and oxygen atoms in total. The van der Waals surface area contributed by atoms with Gasteiger partial charge in [0.2, 0.25) is 0 Å². The Bertz CT molecular complexity index is 1530. The number of hydrogen-bond donors (Lipinski definition) is 0. The first-order valence-electron chi connectivity index (χ1n) is 16.1. The minimum Gasteiger partial charge on any atom is -0.461 e. The summed E-state index contributed by atoms with van der Waals surface area (Å²) < 4.78 is 23.3. The third kappa shape index (κ3) is 10.4. The third-order valence-corrected chi connectivity index (χ3v) is 7.87. The molecule has 256 valence electrons. The highest BCUT2D eigenvalue weighted by molar-refractivity contribution is 5.92. The quantitative estimate of drug-likeness (QED) is 0.111. The van der Waals surface area contributed by atoms with Crippen LogP contribution in [0.25, 0.3) is 0 Å². The average Bonchev–Trinajstić information content (AvgIpc) is 3.01. The first-order chi connectivity index (χ1) is 23.1. The molecule has 4 rings (SSSR count). The Kier molecular flexibility index (Phi) is 11.8. The van der Waals surface area contributed by atoms with Gasteiger partial charge >= 0.3 is 23.9 Å². The lowest BCUT2D eigenvalue weighted by atomic mass is 9.91. The van der Waals surface area contributed by atoms with Crippen LogP contribution in [0.2, 0.25) is 0 Å². The van der Waals surface area contributed by atoms with Crippen molar-refractivity contribution < 1.29 is 38.1 Å². The van der Waals surface area contributed by atoms with E-state index in [4.69, 9.17) is 18.9 Å². The van der Waals surface area contributed by atoms with Crippen molar-refractivity contribution in [3.63, 3.8) is 0 Å². The summed E-state index contributed by atoms with van der Waals surface area (Å²) in [6.45, 7) is 13.4. The molecule has 0 spiro atoms. The van der Waals surface area contributed by atoms with Gasteiger partial charge in [-0.1, -0.05) is 68.8 Å². The van der Waals surface area contributed by atoms with Gasteiger partial charge in [-0.25, -0.2) is 19.2 Å². The van der Waals surface area contributed by atoms with Crippen molar-refractivity contribution in [1.82, 2.24) is 0 Å². The van der Waals surface area contributed by atoms with E-state index in [0.29, 0.717) is 22.3 Å². The van der Waals surface area contributed by atoms with Crippen LogP contribution in [-0.4, -0.2) is 50.3 Å². The van der Waals surface area contributed by atoms with E-state index in [1.165, 1.54) is 0 Å². The van der Waals surface area contributed by atoms with Gasteiger partial charge in [-0.15, -0.1) is 0 Å². The largest absolute Gasteiger partial charge is 0.461 e. The van der Waals surface area contributed by atoms with Gasteiger partial charge < -0.3 is 18.9 Å². The molecular formula is C41H44O8. The van der Waals surface area contributed by atoms with E-state index >= 15 is 0 Å². The van der Waals surface area contributed by atoms with Crippen LogP contribution in [0.15, 0.2) is 72.8 Å². The van der Waals surface area contributed by atoms with Crippen LogP contribution >= 0.6 is 0 Å². The molecule has 0 heterocycles. The molecule has 0 amide bonds. The Morgan fingerprint density at radius 3 is 0.673 bits per heavy atom.